The van der Waals surface area contributed by atoms with E-state index in [0.717, 1.165) is 17.2 Å². The topological polar surface area (TPSA) is 102 Å². The fraction of sp³-hybridized carbons (Fsp3) is 0.286. The number of aromatic nitrogens is 4. The number of ketones is 1. The molecule has 8 nitrogen and oxygen atoms in total. The van der Waals surface area contributed by atoms with Crippen LogP contribution in [0.15, 0.2) is 49.1 Å². The average Bonchev–Trinajstić information content (AvgIpc) is 3.24. The molecule has 0 aliphatic heterocycles. The smallest absolute Gasteiger partial charge is 0.227 e. The van der Waals surface area contributed by atoms with Crippen LogP contribution in [0.5, 0.6) is 0 Å². The Hall–Kier alpha value is -3.55. The summed E-state index contributed by atoms with van der Waals surface area (Å²) in [7, 11) is 0. The Morgan fingerprint density at radius 2 is 1.83 bits per heavy atom. The fourth-order valence-electron chi connectivity index (χ4n) is 3.37. The summed E-state index contributed by atoms with van der Waals surface area (Å²) in [6.07, 6.45) is 7.48. The van der Waals surface area contributed by atoms with Gasteiger partial charge in [-0.2, -0.15) is 0 Å². The van der Waals surface area contributed by atoms with Gasteiger partial charge in [-0.3, -0.25) is 14.2 Å². The van der Waals surface area contributed by atoms with Crippen LogP contribution in [0.4, 0.5) is 17.2 Å². The molecule has 1 fully saturated rings. The summed E-state index contributed by atoms with van der Waals surface area (Å²) >= 11 is 0. The largest absolute Gasteiger partial charge is 0.340 e. The highest BCUT2D eigenvalue weighted by Crippen LogP contribution is 2.24. The molecule has 29 heavy (non-hydrogen) atoms. The van der Waals surface area contributed by atoms with Gasteiger partial charge in [0.2, 0.25) is 5.91 Å². The van der Waals surface area contributed by atoms with Gasteiger partial charge < -0.3 is 10.6 Å². The number of carbonyl (C=O) groups is 2. The lowest BCUT2D eigenvalue weighted by molar-refractivity contribution is -0.125. The zero-order valence-corrected chi connectivity index (χ0v) is 16.1. The molecule has 0 unspecified atom stereocenters. The lowest BCUT2D eigenvalue weighted by Crippen LogP contribution is -2.27. The van der Waals surface area contributed by atoms with Crippen LogP contribution in [0.2, 0.25) is 0 Å². The Labute approximate surface area is 168 Å². The van der Waals surface area contributed by atoms with Gasteiger partial charge in [0.25, 0.3) is 0 Å². The third kappa shape index (κ3) is 4.66. The molecule has 2 N–H and O–H groups in total. The van der Waals surface area contributed by atoms with E-state index in [1.54, 1.807) is 12.5 Å². The molecule has 0 radical (unpaired) electrons. The molecule has 3 aromatic rings. The van der Waals surface area contributed by atoms with E-state index < -0.39 is 0 Å². The summed E-state index contributed by atoms with van der Waals surface area (Å²) < 4.78 is 1.82. The molecule has 1 amide bonds. The molecule has 8 heteroatoms. The molecular formula is C21H22N6O2. The van der Waals surface area contributed by atoms with Crippen LogP contribution in [0.3, 0.4) is 0 Å². The first-order valence-corrected chi connectivity index (χ1v) is 9.60. The normalized spacial score (nSPS) is 14.6. The van der Waals surface area contributed by atoms with E-state index in [9.17, 15) is 9.59 Å². The SMILES string of the molecule is Cc1nc(Nc2ccc(NC(=O)C3CCC(=O)CC3)cc2)cc(-n2ccnc2)n1. The molecule has 1 aliphatic rings. The van der Waals surface area contributed by atoms with E-state index in [4.69, 9.17) is 0 Å². The molecule has 1 saturated carbocycles. The van der Waals surface area contributed by atoms with Crippen molar-refractivity contribution < 1.29 is 9.59 Å². The molecular weight excluding hydrogens is 368 g/mol. The Balaban J connectivity index is 1.41. The van der Waals surface area contributed by atoms with Crippen LogP contribution >= 0.6 is 0 Å². The first-order chi connectivity index (χ1) is 14.1. The third-order valence-electron chi connectivity index (χ3n) is 4.93. The predicted octanol–water partition coefficient (Wildman–Crippen LogP) is 3.41. The Kier molecular flexibility index (Phi) is 5.33. The van der Waals surface area contributed by atoms with Gasteiger partial charge in [0.05, 0.1) is 0 Å². The molecule has 2 heterocycles. The Morgan fingerprint density at radius 3 is 2.52 bits per heavy atom. The Bertz CT molecular complexity index is 1000. The summed E-state index contributed by atoms with van der Waals surface area (Å²) in [6.45, 7) is 1.84. The molecule has 0 saturated heterocycles. The maximum Gasteiger partial charge on any atom is 0.227 e. The van der Waals surface area contributed by atoms with E-state index in [2.05, 4.69) is 25.6 Å². The zero-order valence-electron chi connectivity index (χ0n) is 16.1. The van der Waals surface area contributed by atoms with Crippen LogP contribution in [-0.2, 0) is 9.59 Å². The second-order valence-electron chi connectivity index (χ2n) is 7.13. The second kappa shape index (κ2) is 8.22. The third-order valence-corrected chi connectivity index (χ3v) is 4.93. The summed E-state index contributed by atoms with van der Waals surface area (Å²) in [5.41, 5.74) is 1.58. The number of benzene rings is 1. The molecule has 148 valence electrons. The van der Waals surface area contributed by atoms with Crippen molar-refractivity contribution in [3.8, 4) is 5.82 Å². The van der Waals surface area contributed by atoms with Gasteiger partial charge in [-0.1, -0.05) is 0 Å². The van der Waals surface area contributed by atoms with Gasteiger partial charge in [-0.25, -0.2) is 15.0 Å². The minimum Gasteiger partial charge on any atom is -0.340 e. The van der Waals surface area contributed by atoms with Crippen molar-refractivity contribution >= 4 is 28.9 Å². The lowest BCUT2D eigenvalue weighted by Gasteiger charge is -2.20. The molecule has 1 aliphatic carbocycles. The number of imidazole rings is 1. The number of hydrogen-bond donors (Lipinski definition) is 2. The highest BCUT2D eigenvalue weighted by atomic mass is 16.2. The van der Waals surface area contributed by atoms with Gasteiger partial charge in [0.15, 0.2) is 0 Å². The highest BCUT2D eigenvalue weighted by molar-refractivity contribution is 5.94. The van der Waals surface area contributed by atoms with Gasteiger partial charge in [0, 0.05) is 48.6 Å². The predicted molar refractivity (Wildman–Crippen MR) is 109 cm³/mol. The zero-order chi connectivity index (χ0) is 20.2. The van der Waals surface area contributed by atoms with Crippen LogP contribution < -0.4 is 10.6 Å². The molecule has 0 bridgehead atoms. The van der Waals surface area contributed by atoms with Crippen molar-refractivity contribution in [1.82, 2.24) is 19.5 Å². The second-order valence-corrected chi connectivity index (χ2v) is 7.13. The first kappa shape index (κ1) is 18.8. The molecule has 4 rings (SSSR count). The van der Waals surface area contributed by atoms with Crippen molar-refractivity contribution in [2.75, 3.05) is 10.6 Å². The number of Topliss-reactive ketones (excluding diaryl/α,β-unsaturated/α-hetero) is 1. The van der Waals surface area contributed by atoms with Crippen molar-refractivity contribution in [2.45, 2.75) is 32.6 Å². The van der Waals surface area contributed by atoms with Crippen LogP contribution in [0.1, 0.15) is 31.5 Å². The van der Waals surface area contributed by atoms with Crippen molar-refractivity contribution in [3.63, 3.8) is 0 Å². The summed E-state index contributed by atoms with van der Waals surface area (Å²) in [4.78, 5) is 36.6. The number of amides is 1. The van der Waals surface area contributed by atoms with E-state index >= 15 is 0 Å². The summed E-state index contributed by atoms with van der Waals surface area (Å²) in [5, 5.41) is 6.20. The van der Waals surface area contributed by atoms with Crippen molar-refractivity contribution in [2.24, 2.45) is 5.92 Å². The lowest BCUT2D eigenvalue weighted by atomic mass is 9.88. The quantitative estimate of drug-likeness (QED) is 0.692. The van der Waals surface area contributed by atoms with E-state index in [-0.39, 0.29) is 17.6 Å². The highest BCUT2D eigenvalue weighted by Gasteiger charge is 2.24. The van der Waals surface area contributed by atoms with E-state index in [1.807, 2.05) is 48.0 Å². The number of anilines is 3. The van der Waals surface area contributed by atoms with Gasteiger partial charge in [-0.15, -0.1) is 0 Å². The van der Waals surface area contributed by atoms with E-state index in [0.29, 0.717) is 37.3 Å². The minimum absolute atomic E-state index is 0.0189. The maximum absolute atomic E-state index is 12.4. The van der Waals surface area contributed by atoms with Crippen LogP contribution in [-0.4, -0.2) is 31.2 Å². The number of carbonyl (C=O) groups excluding carboxylic acids is 2. The summed E-state index contributed by atoms with van der Waals surface area (Å²) in [5.74, 6) is 2.19. The maximum atomic E-state index is 12.4. The van der Waals surface area contributed by atoms with Crippen molar-refractivity contribution in [1.29, 1.82) is 0 Å². The van der Waals surface area contributed by atoms with Crippen LogP contribution in [0.25, 0.3) is 5.82 Å². The number of nitrogens with one attached hydrogen (secondary N) is 2. The van der Waals surface area contributed by atoms with Crippen LogP contribution in [0, 0.1) is 12.8 Å². The molecule has 0 spiro atoms. The van der Waals surface area contributed by atoms with Crippen molar-refractivity contribution in [3.05, 3.63) is 54.9 Å². The van der Waals surface area contributed by atoms with E-state index in [1.165, 1.54) is 0 Å². The minimum atomic E-state index is -0.0870. The number of rotatable bonds is 5. The molecule has 2 aromatic heterocycles. The first-order valence-electron chi connectivity index (χ1n) is 9.60. The average molecular weight is 390 g/mol. The summed E-state index contributed by atoms with van der Waals surface area (Å²) in [6, 6.07) is 9.30. The molecule has 1 aromatic carbocycles. The molecule has 0 atom stereocenters. The standard InChI is InChI=1S/C21H22N6O2/c1-14-23-19(12-20(24-14)27-11-10-22-13-27)25-16-4-6-17(7-5-16)26-21(29)15-2-8-18(28)9-3-15/h4-7,10-13,15H,2-3,8-9H2,1H3,(H,26,29)(H,23,24,25). The Morgan fingerprint density at radius 1 is 1.10 bits per heavy atom. The van der Waals surface area contributed by atoms with Gasteiger partial charge in [0.1, 0.15) is 29.6 Å². The number of nitrogens with zero attached hydrogens (tertiary/aromatic N) is 4. The monoisotopic (exact) mass is 390 g/mol. The van der Waals surface area contributed by atoms with Gasteiger partial charge >= 0.3 is 0 Å². The van der Waals surface area contributed by atoms with Gasteiger partial charge in [-0.05, 0) is 44.0 Å². The number of hydrogen-bond acceptors (Lipinski definition) is 6. The number of aryl methyl sites for hydroxylation is 1. The fourth-order valence-corrected chi connectivity index (χ4v) is 3.37.